The molecule has 1 aromatic carbocycles. The number of pyridine rings is 1. The lowest BCUT2D eigenvalue weighted by atomic mass is 10.0. The molecule has 0 spiro atoms. The zero-order valence-corrected chi connectivity index (χ0v) is 17.8. The third kappa shape index (κ3) is 4.15. The van der Waals surface area contributed by atoms with E-state index in [1.807, 2.05) is 4.90 Å². The molecule has 1 fully saturated rings. The lowest BCUT2D eigenvalue weighted by Gasteiger charge is -2.35. The van der Waals surface area contributed by atoms with Crippen molar-refractivity contribution in [3.8, 4) is 11.3 Å². The lowest BCUT2D eigenvalue weighted by Crippen LogP contribution is -2.48. The molecule has 7 nitrogen and oxygen atoms in total. The van der Waals surface area contributed by atoms with Gasteiger partial charge >= 0.3 is 6.18 Å². The Labute approximate surface area is 190 Å². The third-order valence-corrected chi connectivity index (χ3v) is 5.62. The molecule has 1 saturated heterocycles. The molecule has 0 atom stereocenters. The zero-order valence-electron chi connectivity index (χ0n) is 17.0. The number of nitrogens with zero attached hydrogens (tertiary/aromatic N) is 5. The van der Waals surface area contributed by atoms with Crippen molar-refractivity contribution in [2.24, 2.45) is 0 Å². The van der Waals surface area contributed by atoms with Crippen molar-refractivity contribution in [3.05, 3.63) is 53.6 Å². The molecule has 1 aliphatic rings. The Morgan fingerprint density at radius 1 is 1.18 bits per heavy atom. The van der Waals surface area contributed by atoms with Crippen LogP contribution in [-0.2, 0) is 11.0 Å². The minimum absolute atomic E-state index is 0.198. The Balaban J connectivity index is 1.82. The molecule has 0 unspecified atom stereocenters. The summed E-state index contributed by atoms with van der Waals surface area (Å²) < 4.78 is 56.2. The maximum absolute atomic E-state index is 15.6. The maximum atomic E-state index is 15.6. The minimum atomic E-state index is -4.81. The van der Waals surface area contributed by atoms with Crippen LogP contribution in [0.1, 0.15) is 5.56 Å². The van der Waals surface area contributed by atoms with E-state index in [9.17, 15) is 18.0 Å². The Bertz CT molecular complexity index is 1260. The van der Waals surface area contributed by atoms with Crippen LogP contribution in [0.2, 0.25) is 5.02 Å². The standard InChI is InChI=1S/C21H17ClF4N6O/c1-2-15(33)31-5-7-32(8-6-31)20-11-9-13(22)16(17(23)18(11)28-10-29-20)19-12(21(24,25)26)3-4-14(27)30-19/h2-4,9-10H,1,5-8H2,(H2,27,30). The SMILES string of the molecule is C=CC(=O)N1CCN(c2ncnc3c(F)c(-c4nc(N)ccc4C(F)(F)F)c(Cl)cc23)CC1. The van der Waals surface area contributed by atoms with Gasteiger partial charge in [-0.1, -0.05) is 18.2 Å². The molecule has 1 amide bonds. The molecule has 33 heavy (non-hydrogen) atoms. The first kappa shape index (κ1) is 22.7. The average molecular weight is 481 g/mol. The molecule has 0 saturated carbocycles. The first-order valence-electron chi connectivity index (χ1n) is 9.75. The van der Waals surface area contributed by atoms with Crippen molar-refractivity contribution >= 4 is 40.0 Å². The molecular formula is C21H17ClF4N6O. The Hall–Kier alpha value is -3.47. The predicted octanol–water partition coefficient (Wildman–Crippen LogP) is 3.92. The zero-order chi connectivity index (χ0) is 23.9. The molecule has 3 heterocycles. The Kier molecular flexibility index (Phi) is 5.83. The molecule has 3 aromatic rings. The number of fused-ring (bicyclic) bond motifs is 1. The van der Waals surface area contributed by atoms with Gasteiger partial charge in [0.15, 0.2) is 5.82 Å². The molecule has 12 heteroatoms. The highest BCUT2D eigenvalue weighted by Gasteiger charge is 2.36. The van der Waals surface area contributed by atoms with E-state index in [1.54, 1.807) is 4.90 Å². The van der Waals surface area contributed by atoms with Crippen LogP contribution in [0.25, 0.3) is 22.2 Å². The van der Waals surface area contributed by atoms with Crippen molar-refractivity contribution < 1.29 is 22.4 Å². The summed E-state index contributed by atoms with van der Waals surface area (Å²) >= 11 is 6.29. The summed E-state index contributed by atoms with van der Waals surface area (Å²) in [6.07, 6.45) is -2.46. The van der Waals surface area contributed by atoms with E-state index in [0.29, 0.717) is 32.0 Å². The van der Waals surface area contributed by atoms with E-state index in [0.717, 1.165) is 18.5 Å². The number of hydrogen-bond donors (Lipinski definition) is 1. The molecule has 4 rings (SSSR count). The summed E-state index contributed by atoms with van der Waals surface area (Å²) in [5, 5.41) is -0.0650. The Morgan fingerprint density at radius 3 is 2.52 bits per heavy atom. The van der Waals surface area contributed by atoms with Gasteiger partial charge in [-0.3, -0.25) is 4.79 Å². The summed E-state index contributed by atoms with van der Waals surface area (Å²) in [5.74, 6) is -1.13. The minimum Gasteiger partial charge on any atom is -0.384 e. The number of piperazine rings is 1. The van der Waals surface area contributed by atoms with E-state index in [2.05, 4.69) is 21.5 Å². The van der Waals surface area contributed by atoms with Crippen molar-refractivity contribution in [2.75, 3.05) is 36.8 Å². The summed E-state index contributed by atoms with van der Waals surface area (Å²) in [5.41, 5.74) is 2.93. The molecule has 172 valence electrons. The van der Waals surface area contributed by atoms with Crippen LogP contribution in [0.4, 0.5) is 29.2 Å². The number of alkyl halides is 3. The molecular weight excluding hydrogens is 464 g/mol. The highest BCUT2D eigenvalue weighted by Crippen LogP contribution is 2.42. The van der Waals surface area contributed by atoms with Gasteiger partial charge in [0.1, 0.15) is 23.5 Å². The lowest BCUT2D eigenvalue weighted by molar-refractivity contribution is -0.137. The van der Waals surface area contributed by atoms with Crippen LogP contribution < -0.4 is 10.6 Å². The van der Waals surface area contributed by atoms with Crippen molar-refractivity contribution in [1.82, 2.24) is 19.9 Å². The second-order valence-corrected chi connectivity index (χ2v) is 7.69. The third-order valence-electron chi connectivity index (χ3n) is 5.32. The predicted molar refractivity (Wildman–Crippen MR) is 116 cm³/mol. The van der Waals surface area contributed by atoms with E-state index in [-0.39, 0.29) is 27.7 Å². The van der Waals surface area contributed by atoms with E-state index < -0.39 is 28.8 Å². The summed E-state index contributed by atoms with van der Waals surface area (Å²) in [6, 6.07) is 3.03. The fraction of sp³-hybridized carbons (Fsp3) is 0.238. The highest BCUT2D eigenvalue weighted by molar-refractivity contribution is 6.34. The number of aromatic nitrogens is 3. The monoisotopic (exact) mass is 480 g/mol. The number of carbonyl (C=O) groups excluding carboxylic acids is 1. The van der Waals surface area contributed by atoms with Gasteiger partial charge < -0.3 is 15.5 Å². The number of nitrogens with two attached hydrogens (primary N) is 1. The van der Waals surface area contributed by atoms with Crippen LogP contribution >= 0.6 is 11.6 Å². The van der Waals surface area contributed by atoms with Crippen molar-refractivity contribution in [2.45, 2.75) is 6.18 Å². The molecule has 0 radical (unpaired) electrons. The van der Waals surface area contributed by atoms with Crippen molar-refractivity contribution in [1.29, 1.82) is 0 Å². The van der Waals surface area contributed by atoms with Gasteiger partial charge in [-0.05, 0) is 24.3 Å². The number of amides is 1. The molecule has 2 N–H and O–H groups in total. The van der Waals surface area contributed by atoms with Gasteiger partial charge in [0.05, 0.1) is 21.8 Å². The largest absolute Gasteiger partial charge is 0.418 e. The van der Waals surface area contributed by atoms with Gasteiger partial charge in [-0.25, -0.2) is 19.3 Å². The summed E-state index contributed by atoms with van der Waals surface area (Å²) in [7, 11) is 0. The van der Waals surface area contributed by atoms with Gasteiger partial charge in [-0.2, -0.15) is 13.2 Å². The van der Waals surface area contributed by atoms with Gasteiger partial charge in [-0.15, -0.1) is 0 Å². The number of benzene rings is 1. The summed E-state index contributed by atoms with van der Waals surface area (Å²) in [4.78, 5) is 27.1. The normalized spacial score (nSPS) is 14.6. The molecule has 0 aliphatic carbocycles. The second kappa shape index (κ2) is 8.47. The number of nitrogen functional groups attached to an aromatic ring is 1. The van der Waals surface area contributed by atoms with E-state index in [4.69, 9.17) is 17.3 Å². The number of anilines is 2. The molecule has 0 bridgehead atoms. The van der Waals surface area contributed by atoms with Crippen LogP contribution in [-0.4, -0.2) is 51.9 Å². The van der Waals surface area contributed by atoms with Gasteiger partial charge in [0, 0.05) is 31.6 Å². The van der Waals surface area contributed by atoms with Gasteiger partial charge in [0.2, 0.25) is 5.91 Å². The smallest absolute Gasteiger partial charge is 0.384 e. The van der Waals surface area contributed by atoms with Crippen LogP contribution in [0.3, 0.4) is 0 Å². The average Bonchev–Trinajstić information content (AvgIpc) is 2.77. The van der Waals surface area contributed by atoms with E-state index >= 15 is 4.39 Å². The van der Waals surface area contributed by atoms with Crippen LogP contribution in [0.5, 0.6) is 0 Å². The number of halogens is 5. The van der Waals surface area contributed by atoms with Crippen LogP contribution in [0.15, 0.2) is 37.2 Å². The number of carbonyl (C=O) groups is 1. The Morgan fingerprint density at radius 2 is 1.88 bits per heavy atom. The van der Waals surface area contributed by atoms with Gasteiger partial charge in [0.25, 0.3) is 0 Å². The fourth-order valence-electron chi connectivity index (χ4n) is 3.75. The topological polar surface area (TPSA) is 88.2 Å². The number of hydrogen-bond acceptors (Lipinski definition) is 6. The van der Waals surface area contributed by atoms with E-state index in [1.165, 1.54) is 12.1 Å². The maximum Gasteiger partial charge on any atom is 0.418 e. The number of rotatable bonds is 3. The van der Waals surface area contributed by atoms with Crippen LogP contribution in [0, 0.1) is 5.82 Å². The first-order valence-corrected chi connectivity index (χ1v) is 10.1. The first-order chi connectivity index (χ1) is 15.6. The van der Waals surface area contributed by atoms with Crippen molar-refractivity contribution in [3.63, 3.8) is 0 Å². The molecule has 2 aromatic heterocycles. The molecule has 1 aliphatic heterocycles. The fourth-order valence-corrected chi connectivity index (χ4v) is 4.03. The second-order valence-electron chi connectivity index (χ2n) is 7.29. The summed E-state index contributed by atoms with van der Waals surface area (Å²) in [6.45, 7) is 5.07. The highest BCUT2D eigenvalue weighted by atomic mass is 35.5. The quantitative estimate of drug-likeness (QED) is 0.451.